The van der Waals surface area contributed by atoms with Gasteiger partial charge in [0.1, 0.15) is 5.66 Å². The molecule has 16 heavy (non-hydrogen) atoms. The zero-order valence-electron chi connectivity index (χ0n) is 9.40. The molecular weight excluding hydrogens is 198 g/mol. The van der Waals surface area contributed by atoms with E-state index in [0.29, 0.717) is 12.1 Å². The molecule has 1 unspecified atom stereocenters. The Hall–Kier alpha value is -1.74. The molecule has 1 aromatic carbocycles. The maximum Gasteiger partial charge on any atom is 0.130 e. The standard InChI is InChI=1S/C13H17N3/c1-10-4-6-11(7-5-10)9-13(15)12(14)3-2-8-16-13/h2-8,16H,9,14-15H2,1H3. The summed E-state index contributed by atoms with van der Waals surface area (Å²) in [5.74, 6) is 0. The van der Waals surface area contributed by atoms with Crippen LogP contribution in [0.15, 0.2) is 48.3 Å². The van der Waals surface area contributed by atoms with E-state index < -0.39 is 5.66 Å². The number of hydrogen-bond acceptors (Lipinski definition) is 3. The summed E-state index contributed by atoms with van der Waals surface area (Å²) in [6.45, 7) is 2.07. The Morgan fingerprint density at radius 3 is 2.56 bits per heavy atom. The van der Waals surface area contributed by atoms with Crippen LogP contribution >= 0.6 is 0 Å². The van der Waals surface area contributed by atoms with Crippen LogP contribution in [0.2, 0.25) is 0 Å². The van der Waals surface area contributed by atoms with Crippen molar-refractivity contribution in [2.45, 2.75) is 19.0 Å². The van der Waals surface area contributed by atoms with Crippen LogP contribution in [0, 0.1) is 6.92 Å². The number of rotatable bonds is 2. The number of dihydropyridines is 1. The first-order valence-electron chi connectivity index (χ1n) is 5.35. The molecule has 1 heterocycles. The Morgan fingerprint density at radius 2 is 1.94 bits per heavy atom. The molecule has 0 saturated heterocycles. The zero-order valence-corrected chi connectivity index (χ0v) is 9.40. The summed E-state index contributed by atoms with van der Waals surface area (Å²) >= 11 is 0. The van der Waals surface area contributed by atoms with E-state index in [1.807, 2.05) is 18.4 Å². The van der Waals surface area contributed by atoms with Gasteiger partial charge in [-0.05, 0) is 30.8 Å². The van der Waals surface area contributed by atoms with E-state index in [9.17, 15) is 0 Å². The molecule has 2 rings (SSSR count). The molecular formula is C13H17N3. The predicted octanol–water partition coefficient (Wildman–Crippen LogP) is 1.15. The normalized spacial score (nSPS) is 23.8. The van der Waals surface area contributed by atoms with E-state index in [-0.39, 0.29) is 0 Å². The van der Waals surface area contributed by atoms with Crippen molar-refractivity contribution in [1.82, 2.24) is 5.32 Å². The SMILES string of the molecule is Cc1ccc(CC2(N)NC=CC=C2N)cc1. The fourth-order valence-corrected chi connectivity index (χ4v) is 1.76. The summed E-state index contributed by atoms with van der Waals surface area (Å²) in [5, 5.41) is 3.11. The minimum Gasteiger partial charge on any atom is -0.399 e. The van der Waals surface area contributed by atoms with Crippen LogP contribution in [-0.2, 0) is 6.42 Å². The number of allylic oxidation sites excluding steroid dienone is 2. The number of aryl methyl sites for hydroxylation is 1. The van der Waals surface area contributed by atoms with Gasteiger partial charge in [0.15, 0.2) is 0 Å². The summed E-state index contributed by atoms with van der Waals surface area (Å²) in [5.41, 5.74) is 14.5. The van der Waals surface area contributed by atoms with Crippen molar-refractivity contribution < 1.29 is 0 Å². The molecule has 3 nitrogen and oxygen atoms in total. The summed E-state index contributed by atoms with van der Waals surface area (Å²) in [4.78, 5) is 0. The minimum atomic E-state index is -0.663. The highest BCUT2D eigenvalue weighted by molar-refractivity contribution is 5.31. The Bertz CT molecular complexity index is 431. The molecule has 0 bridgehead atoms. The topological polar surface area (TPSA) is 64.1 Å². The maximum atomic E-state index is 6.22. The molecule has 1 aliphatic heterocycles. The molecule has 0 spiro atoms. The molecule has 5 N–H and O–H groups in total. The second kappa shape index (κ2) is 4.02. The summed E-state index contributed by atoms with van der Waals surface area (Å²) < 4.78 is 0. The van der Waals surface area contributed by atoms with Gasteiger partial charge in [0.2, 0.25) is 0 Å². The smallest absolute Gasteiger partial charge is 0.130 e. The molecule has 3 heteroatoms. The molecule has 84 valence electrons. The van der Waals surface area contributed by atoms with Crippen LogP contribution < -0.4 is 16.8 Å². The second-order valence-electron chi connectivity index (χ2n) is 4.26. The Labute approximate surface area is 95.8 Å². The van der Waals surface area contributed by atoms with Gasteiger partial charge in [-0.2, -0.15) is 0 Å². The van der Waals surface area contributed by atoms with Gasteiger partial charge < -0.3 is 16.8 Å². The lowest BCUT2D eigenvalue weighted by molar-refractivity contribution is 0.433. The van der Waals surface area contributed by atoms with Gasteiger partial charge in [-0.25, -0.2) is 0 Å². The molecule has 0 aliphatic carbocycles. The Balaban J connectivity index is 2.18. The number of benzene rings is 1. The molecule has 0 radical (unpaired) electrons. The first-order valence-corrected chi connectivity index (χ1v) is 5.35. The Kier molecular flexibility index (Phi) is 2.71. The van der Waals surface area contributed by atoms with Gasteiger partial charge in [-0.3, -0.25) is 0 Å². The second-order valence-corrected chi connectivity index (χ2v) is 4.26. The summed E-state index contributed by atoms with van der Waals surface area (Å²) in [6, 6.07) is 8.32. The van der Waals surface area contributed by atoms with Crippen LogP contribution in [-0.4, -0.2) is 5.66 Å². The largest absolute Gasteiger partial charge is 0.399 e. The zero-order chi connectivity index (χ0) is 11.6. The van der Waals surface area contributed by atoms with Crippen LogP contribution in [0.5, 0.6) is 0 Å². The third kappa shape index (κ3) is 2.09. The van der Waals surface area contributed by atoms with E-state index in [1.165, 1.54) is 11.1 Å². The fraction of sp³-hybridized carbons (Fsp3) is 0.231. The highest BCUT2D eigenvalue weighted by Gasteiger charge is 2.28. The lowest BCUT2D eigenvalue weighted by Crippen LogP contribution is -2.57. The van der Waals surface area contributed by atoms with Crippen LogP contribution in [0.25, 0.3) is 0 Å². The van der Waals surface area contributed by atoms with E-state index in [1.54, 1.807) is 0 Å². The van der Waals surface area contributed by atoms with Crippen molar-refractivity contribution in [3.8, 4) is 0 Å². The summed E-state index contributed by atoms with van der Waals surface area (Å²) in [6.07, 6.45) is 6.20. The molecule has 0 fully saturated rings. The molecule has 1 atom stereocenters. The lowest BCUT2D eigenvalue weighted by Gasteiger charge is -2.32. The van der Waals surface area contributed by atoms with E-state index in [4.69, 9.17) is 11.5 Å². The average molecular weight is 215 g/mol. The van der Waals surface area contributed by atoms with E-state index >= 15 is 0 Å². The molecule has 1 aromatic rings. The van der Waals surface area contributed by atoms with Gasteiger partial charge in [0, 0.05) is 12.1 Å². The van der Waals surface area contributed by atoms with Crippen LogP contribution in [0.1, 0.15) is 11.1 Å². The first-order chi connectivity index (χ1) is 7.60. The molecule has 0 aromatic heterocycles. The average Bonchev–Trinajstić information content (AvgIpc) is 2.26. The van der Waals surface area contributed by atoms with E-state index in [0.717, 1.165) is 0 Å². The molecule has 1 aliphatic rings. The third-order valence-corrected chi connectivity index (χ3v) is 2.83. The van der Waals surface area contributed by atoms with Crippen LogP contribution in [0.4, 0.5) is 0 Å². The fourth-order valence-electron chi connectivity index (χ4n) is 1.76. The van der Waals surface area contributed by atoms with Gasteiger partial charge in [-0.15, -0.1) is 0 Å². The van der Waals surface area contributed by atoms with Crippen molar-refractivity contribution in [3.05, 3.63) is 59.4 Å². The van der Waals surface area contributed by atoms with Crippen LogP contribution in [0.3, 0.4) is 0 Å². The maximum absolute atomic E-state index is 6.22. The number of nitrogens with two attached hydrogens (primary N) is 2. The number of nitrogens with one attached hydrogen (secondary N) is 1. The van der Waals surface area contributed by atoms with E-state index in [2.05, 4.69) is 36.5 Å². The van der Waals surface area contributed by atoms with Crippen molar-refractivity contribution in [2.24, 2.45) is 11.5 Å². The molecule has 0 saturated carbocycles. The van der Waals surface area contributed by atoms with Crippen molar-refractivity contribution >= 4 is 0 Å². The highest BCUT2D eigenvalue weighted by atomic mass is 15.1. The summed E-state index contributed by atoms with van der Waals surface area (Å²) in [7, 11) is 0. The highest BCUT2D eigenvalue weighted by Crippen LogP contribution is 2.17. The van der Waals surface area contributed by atoms with Gasteiger partial charge in [0.25, 0.3) is 0 Å². The number of hydrogen-bond donors (Lipinski definition) is 3. The third-order valence-electron chi connectivity index (χ3n) is 2.83. The molecule has 0 amide bonds. The van der Waals surface area contributed by atoms with Gasteiger partial charge in [-0.1, -0.05) is 29.8 Å². The van der Waals surface area contributed by atoms with Gasteiger partial charge >= 0.3 is 0 Å². The van der Waals surface area contributed by atoms with Crippen molar-refractivity contribution in [1.29, 1.82) is 0 Å². The van der Waals surface area contributed by atoms with Crippen molar-refractivity contribution in [3.63, 3.8) is 0 Å². The predicted molar refractivity (Wildman–Crippen MR) is 66.3 cm³/mol. The first kappa shape index (κ1) is 10.8. The lowest BCUT2D eigenvalue weighted by atomic mass is 9.95. The minimum absolute atomic E-state index is 0.663. The quantitative estimate of drug-likeness (QED) is 0.693. The Morgan fingerprint density at radius 1 is 1.25 bits per heavy atom. The van der Waals surface area contributed by atoms with Gasteiger partial charge in [0.05, 0.1) is 0 Å². The van der Waals surface area contributed by atoms with Crippen molar-refractivity contribution in [2.75, 3.05) is 0 Å². The monoisotopic (exact) mass is 215 g/mol.